The van der Waals surface area contributed by atoms with Crippen LogP contribution in [0.25, 0.3) is 0 Å². The Morgan fingerprint density at radius 1 is 1.00 bits per heavy atom. The summed E-state index contributed by atoms with van der Waals surface area (Å²) in [5, 5.41) is 0. The van der Waals surface area contributed by atoms with Crippen molar-refractivity contribution in [3.05, 3.63) is 71.8 Å². The molecule has 0 aliphatic heterocycles. The van der Waals surface area contributed by atoms with Gasteiger partial charge in [-0.1, -0.05) is 60.7 Å². The Balaban J connectivity index is 2.17. The summed E-state index contributed by atoms with van der Waals surface area (Å²) in [5.41, 5.74) is 2.24. The smallest absolute Gasteiger partial charge is 0.312 e. The molecule has 0 amide bonds. The normalized spacial score (nSPS) is 12.9. The summed E-state index contributed by atoms with van der Waals surface area (Å²) >= 11 is 0. The lowest BCUT2D eigenvalue weighted by atomic mass is 10.1. The van der Waals surface area contributed by atoms with Crippen molar-refractivity contribution in [2.75, 3.05) is 26.9 Å². The molecule has 0 aliphatic rings. The van der Waals surface area contributed by atoms with Gasteiger partial charge in [-0.3, -0.25) is 14.3 Å². The van der Waals surface area contributed by atoms with Crippen LogP contribution >= 0.6 is 7.60 Å². The van der Waals surface area contributed by atoms with E-state index in [1.165, 1.54) is 14.2 Å². The molecule has 2 aromatic carbocycles. The average molecular weight is 375 g/mol. The van der Waals surface area contributed by atoms with Crippen molar-refractivity contribution in [1.29, 1.82) is 0 Å². The predicted octanol–water partition coefficient (Wildman–Crippen LogP) is 4.30. The highest BCUT2D eigenvalue weighted by molar-refractivity contribution is 7.54. The minimum atomic E-state index is -3.35. The van der Waals surface area contributed by atoms with E-state index in [0.29, 0.717) is 6.54 Å². The van der Waals surface area contributed by atoms with Crippen LogP contribution in [0.2, 0.25) is 0 Å². The minimum absolute atomic E-state index is 0.0323. The molecule has 5 nitrogen and oxygen atoms in total. The molecule has 0 bridgehead atoms. The van der Waals surface area contributed by atoms with Crippen LogP contribution in [0, 0.1) is 0 Å². The first-order valence-corrected chi connectivity index (χ1v) is 10.3. The Morgan fingerprint density at radius 2 is 1.54 bits per heavy atom. The van der Waals surface area contributed by atoms with E-state index in [1.54, 1.807) is 0 Å². The second kappa shape index (κ2) is 9.79. The van der Waals surface area contributed by atoms with Gasteiger partial charge >= 0.3 is 7.60 Å². The molecule has 26 heavy (non-hydrogen) atoms. The van der Waals surface area contributed by atoms with Gasteiger partial charge in [-0.05, 0) is 18.1 Å². The number of carbonyl (C=O) groups excluding carboxylic acids is 1. The van der Waals surface area contributed by atoms with E-state index >= 15 is 0 Å². The fourth-order valence-electron chi connectivity index (χ4n) is 2.79. The maximum atomic E-state index is 12.5. The number of Topliss-reactive ketones (excluding diaryl/α,β-unsaturated/α-hetero) is 1. The Kier molecular flexibility index (Phi) is 7.73. The molecule has 0 spiro atoms. The highest BCUT2D eigenvalue weighted by atomic mass is 31.2. The van der Waals surface area contributed by atoms with Crippen molar-refractivity contribution in [1.82, 2.24) is 4.90 Å². The van der Waals surface area contributed by atoms with Crippen LogP contribution in [0.15, 0.2) is 60.7 Å². The zero-order chi connectivity index (χ0) is 19.0. The Hall–Kier alpha value is -1.78. The van der Waals surface area contributed by atoms with Gasteiger partial charge in [0.2, 0.25) is 0 Å². The van der Waals surface area contributed by atoms with Crippen molar-refractivity contribution >= 4 is 13.4 Å². The zero-order valence-electron chi connectivity index (χ0n) is 15.5. The molecule has 140 valence electrons. The average Bonchev–Trinajstić information content (AvgIpc) is 2.68. The summed E-state index contributed by atoms with van der Waals surface area (Å²) in [5.74, 6) is -0.171. The maximum absolute atomic E-state index is 12.5. The molecule has 0 N–H and O–H groups in total. The van der Waals surface area contributed by atoms with Gasteiger partial charge in [-0.2, -0.15) is 0 Å². The van der Waals surface area contributed by atoms with E-state index in [2.05, 4.69) is 11.8 Å². The first kappa shape index (κ1) is 20.5. The molecule has 0 heterocycles. The first-order chi connectivity index (χ1) is 12.5. The zero-order valence-corrected chi connectivity index (χ0v) is 16.4. The molecule has 0 fully saturated rings. The van der Waals surface area contributed by atoms with Gasteiger partial charge in [0.1, 0.15) is 6.16 Å². The number of hydrogen-bond acceptors (Lipinski definition) is 5. The molecule has 0 unspecified atom stereocenters. The van der Waals surface area contributed by atoms with Crippen LogP contribution in [0.3, 0.4) is 0 Å². The summed E-state index contributed by atoms with van der Waals surface area (Å²) in [4.78, 5) is 14.6. The molecule has 1 atom stereocenters. The summed E-state index contributed by atoms with van der Waals surface area (Å²) in [6.45, 7) is 2.85. The van der Waals surface area contributed by atoms with Crippen molar-refractivity contribution in [2.45, 2.75) is 19.5 Å². The number of ketones is 1. The highest BCUT2D eigenvalue weighted by Gasteiger charge is 2.28. The Bertz CT molecular complexity index is 728. The fourth-order valence-corrected chi connectivity index (χ4v) is 3.73. The number of benzene rings is 2. The topological polar surface area (TPSA) is 55.8 Å². The lowest BCUT2D eigenvalue weighted by molar-refractivity contribution is -0.118. The number of carbonyl (C=O) groups is 1. The second-order valence-corrected chi connectivity index (χ2v) is 8.42. The SMILES string of the molecule is COP(=O)(CC(=O)CN(Cc1ccccc1)[C@H](C)c1ccccc1)OC. The molecule has 0 saturated carbocycles. The summed E-state index contributed by atoms with van der Waals surface area (Å²) in [6.07, 6.45) is -0.229. The van der Waals surface area contributed by atoms with Crippen LogP contribution in [0.4, 0.5) is 0 Å². The van der Waals surface area contributed by atoms with E-state index < -0.39 is 7.60 Å². The van der Waals surface area contributed by atoms with E-state index in [-0.39, 0.29) is 24.5 Å². The van der Waals surface area contributed by atoms with Crippen LogP contribution in [0.1, 0.15) is 24.1 Å². The largest absolute Gasteiger partial charge is 0.337 e. The second-order valence-electron chi connectivity index (χ2n) is 6.15. The van der Waals surface area contributed by atoms with Crippen LogP contribution in [-0.4, -0.2) is 37.6 Å². The molecule has 2 aromatic rings. The summed E-state index contributed by atoms with van der Waals surface area (Å²) < 4.78 is 22.1. The lowest BCUT2D eigenvalue weighted by Crippen LogP contribution is -2.33. The quantitative estimate of drug-likeness (QED) is 0.580. The van der Waals surface area contributed by atoms with Gasteiger partial charge in [0.25, 0.3) is 0 Å². The van der Waals surface area contributed by atoms with Gasteiger partial charge in [-0.25, -0.2) is 0 Å². The minimum Gasteiger partial charge on any atom is -0.312 e. The third kappa shape index (κ3) is 5.89. The van der Waals surface area contributed by atoms with Crippen LogP contribution in [0.5, 0.6) is 0 Å². The van der Waals surface area contributed by atoms with Gasteiger partial charge in [0, 0.05) is 26.8 Å². The Morgan fingerprint density at radius 3 is 2.08 bits per heavy atom. The van der Waals surface area contributed by atoms with Crippen LogP contribution < -0.4 is 0 Å². The fraction of sp³-hybridized carbons (Fsp3) is 0.350. The maximum Gasteiger partial charge on any atom is 0.337 e. The molecule has 2 rings (SSSR count). The third-order valence-electron chi connectivity index (χ3n) is 4.36. The van der Waals surface area contributed by atoms with E-state index in [1.807, 2.05) is 60.7 Å². The van der Waals surface area contributed by atoms with E-state index in [0.717, 1.165) is 11.1 Å². The number of nitrogens with zero attached hydrogens (tertiary/aromatic N) is 1. The lowest BCUT2D eigenvalue weighted by Gasteiger charge is -2.29. The van der Waals surface area contributed by atoms with E-state index in [4.69, 9.17) is 9.05 Å². The van der Waals surface area contributed by atoms with Gasteiger partial charge in [0.15, 0.2) is 5.78 Å². The van der Waals surface area contributed by atoms with E-state index in [9.17, 15) is 9.36 Å². The number of hydrogen-bond donors (Lipinski definition) is 0. The van der Waals surface area contributed by atoms with Crippen molar-refractivity contribution < 1.29 is 18.4 Å². The molecule has 0 saturated heterocycles. The molecule has 0 radical (unpaired) electrons. The standard InChI is InChI=1S/C20H26NO4P/c1-17(19-12-8-5-9-13-19)21(14-18-10-6-4-7-11-18)15-20(22)16-26(23,24-2)25-3/h4-13,17H,14-16H2,1-3H3/t17-/m1/s1. The van der Waals surface area contributed by atoms with Crippen LogP contribution in [-0.2, 0) is 25.0 Å². The molecular weight excluding hydrogens is 349 g/mol. The monoisotopic (exact) mass is 375 g/mol. The van der Waals surface area contributed by atoms with Gasteiger partial charge in [0.05, 0.1) is 6.54 Å². The highest BCUT2D eigenvalue weighted by Crippen LogP contribution is 2.46. The van der Waals surface area contributed by atoms with Crippen molar-refractivity contribution in [3.63, 3.8) is 0 Å². The summed E-state index contributed by atoms with van der Waals surface area (Å²) in [6, 6.07) is 20.0. The first-order valence-electron chi connectivity index (χ1n) is 8.52. The molecular formula is C20H26NO4P. The molecule has 0 aliphatic carbocycles. The molecule has 0 aromatic heterocycles. The van der Waals surface area contributed by atoms with Crippen molar-refractivity contribution in [2.24, 2.45) is 0 Å². The predicted molar refractivity (Wildman–Crippen MR) is 103 cm³/mol. The van der Waals surface area contributed by atoms with Gasteiger partial charge < -0.3 is 9.05 Å². The van der Waals surface area contributed by atoms with Crippen molar-refractivity contribution in [3.8, 4) is 0 Å². The molecule has 6 heteroatoms. The number of rotatable bonds is 10. The third-order valence-corrected chi connectivity index (χ3v) is 6.22. The van der Waals surface area contributed by atoms with Gasteiger partial charge in [-0.15, -0.1) is 0 Å². The Labute approximate surface area is 155 Å². The summed E-state index contributed by atoms with van der Waals surface area (Å²) in [7, 11) is -0.759.